The van der Waals surface area contributed by atoms with E-state index < -0.39 is 18.1 Å². The fourth-order valence-corrected chi connectivity index (χ4v) is 1.70. The van der Waals surface area contributed by atoms with Gasteiger partial charge in [-0.2, -0.15) is 13.2 Å². The summed E-state index contributed by atoms with van der Waals surface area (Å²) in [7, 11) is 0. The first-order valence-electron chi connectivity index (χ1n) is 4.43. The van der Waals surface area contributed by atoms with Gasteiger partial charge in [0.25, 0.3) is 0 Å². The number of halogens is 6. The predicted molar refractivity (Wildman–Crippen MR) is 66.1 cm³/mol. The molecule has 0 aliphatic carbocycles. The second-order valence-corrected chi connectivity index (χ2v) is 4.61. The van der Waals surface area contributed by atoms with Crippen LogP contribution in [0, 0.1) is 0 Å². The Labute approximate surface area is 113 Å². The second kappa shape index (κ2) is 5.65. The molecule has 17 heavy (non-hydrogen) atoms. The van der Waals surface area contributed by atoms with Gasteiger partial charge in [0.15, 0.2) is 0 Å². The van der Waals surface area contributed by atoms with E-state index in [2.05, 4.69) is 0 Å². The molecule has 2 N–H and O–H groups in total. The molecule has 1 aromatic carbocycles. The van der Waals surface area contributed by atoms with Gasteiger partial charge in [0, 0.05) is 16.5 Å². The van der Waals surface area contributed by atoms with Gasteiger partial charge in [-0.05, 0) is 24.6 Å². The molecule has 0 saturated heterocycles. The Morgan fingerprint density at radius 2 is 1.59 bits per heavy atom. The summed E-state index contributed by atoms with van der Waals surface area (Å²) >= 11 is 11.6. The predicted octanol–water partition coefficient (Wildman–Crippen LogP) is 4.24. The molecule has 1 aromatic rings. The van der Waals surface area contributed by atoms with Crippen molar-refractivity contribution in [3.8, 4) is 0 Å². The molecule has 7 heteroatoms. The van der Waals surface area contributed by atoms with E-state index in [-0.39, 0.29) is 28.0 Å². The lowest BCUT2D eigenvalue weighted by Gasteiger charge is -2.28. The van der Waals surface area contributed by atoms with Gasteiger partial charge in [0.2, 0.25) is 0 Å². The summed E-state index contributed by atoms with van der Waals surface area (Å²) in [5.74, 6) is 0. The van der Waals surface area contributed by atoms with Crippen LogP contribution in [0.5, 0.6) is 0 Å². The second-order valence-electron chi connectivity index (χ2n) is 3.79. The molecule has 98 valence electrons. The molecule has 1 unspecified atom stereocenters. The largest absolute Gasteiger partial charge is 0.406 e. The molecule has 0 heterocycles. The first-order valence-corrected chi connectivity index (χ1v) is 5.19. The quantitative estimate of drug-likeness (QED) is 0.869. The van der Waals surface area contributed by atoms with Gasteiger partial charge < -0.3 is 5.73 Å². The topological polar surface area (TPSA) is 26.0 Å². The molecule has 0 aliphatic heterocycles. The van der Waals surface area contributed by atoms with Crippen LogP contribution in [0.25, 0.3) is 0 Å². The molecule has 0 fully saturated rings. The summed E-state index contributed by atoms with van der Waals surface area (Å²) in [4.78, 5) is 0. The van der Waals surface area contributed by atoms with Gasteiger partial charge in [0.05, 0.1) is 0 Å². The third kappa shape index (κ3) is 3.91. The first-order chi connectivity index (χ1) is 7.15. The Kier molecular flexibility index (Phi) is 5.60. The fraction of sp³-hybridized carbons (Fsp3) is 0.400. The maximum Gasteiger partial charge on any atom is 0.406 e. The van der Waals surface area contributed by atoms with Gasteiger partial charge in [-0.15, -0.1) is 12.4 Å². The normalized spacial score (nSPS) is 15.0. The highest BCUT2D eigenvalue weighted by Crippen LogP contribution is 2.35. The van der Waals surface area contributed by atoms with E-state index in [1.807, 2.05) is 0 Å². The first kappa shape index (κ1) is 16.8. The molecule has 1 rings (SSSR count). The third-order valence-electron chi connectivity index (χ3n) is 2.25. The molecular weight excluding hydrogens is 297 g/mol. The SMILES string of the molecule is CC(N)(Cc1c(Cl)cccc1Cl)C(F)(F)F.Cl. The number of rotatable bonds is 2. The van der Waals surface area contributed by atoms with Crippen LogP contribution in [0.2, 0.25) is 10.0 Å². The Hall–Kier alpha value is -0.160. The van der Waals surface area contributed by atoms with Crippen LogP contribution in [0.4, 0.5) is 13.2 Å². The lowest BCUT2D eigenvalue weighted by atomic mass is 9.93. The highest BCUT2D eigenvalue weighted by Gasteiger charge is 2.48. The third-order valence-corrected chi connectivity index (χ3v) is 2.96. The maximum absolute atomic E-state index is 12.6. The van der Waals surface area contributed by atoms with Crippen molar-refractivity contribution >= 4 is 35.6 Å². The highest BCUT2D eigenvalue weighted by molar-refractivity contribution is 6.36. The summed E-state index contributed by atoms with van der Waals surface area (Å²) in [6.45, 7) is 0.909. The summed E-state index contributed by atoms with van der Waals surface area (Å²) < 4.78 is 37.7. The number of alkyl halides is 3. The van der Waals surface area contributed by atoms with E-state index in [1.54, 1.807) is 6.07 Å². The highest BCUT2D eigenvalue weighted by atomic mass is 35.5. The van der Waals surface area contributed by atoms with Crippen LogP contribution in [-0.2, 0) is 6.42 Å². The van der Waals surface area contributed by atoms with Crippen LogP contribution >= 0.6 is 35.6 Å². The van der Waals surface area contributed by atoms with Crippen LogP contribution in [0.3, 0.4) is 0 Å². The minimum Gasteiger partial charge on any atom is -0.318 e. The van der Waals surface area contributed by atoms with Gasteiger partial charge in [-0.25, -0.2) is 0 Å². The van der Waals surface area contributed by atoms with E-state index in [0.717, 1.165) is 6.92 Å². The van der Waals surface area contributed by atoms with Gasteiger partial charge in [0.1, 0.15) is 5.54 Å². The van der Waals surface area contributed by atoms with Crippen molar-refractivity contribution < 1.29 is 13.2 Å². The zero-order valence-electron chi connectivity index (χ0n) is 8.81. The standard InChI is InChI=1S/C10H10Cl2F3N.ClH/c1-9(16,10(13,14)15)5-6-7(11)3-2-4-8(6)12;/h2-4H,5,16H2,1H3;1H. The van der Waals surface area contributed by atoms with Gasteiger partial charge in [-0.3, -0.25) is 0 Å². The number of nitrogens with two attached hydrogens (primary N) is 1. The van der Waals surface area contributed by atoms with Crippen LogP contribution in [-0.4, -0.2) is 11.7 Å². The molecule has 0 amide bonds. The lowest BCUT2D eigenvalue weighted by molar-refractivity contribution is -0.180. The summed E-state index contributed by atoms with van der Waals surface area (Å²) in [6, 6.07) is 4.53. The minimum absolute atomic E-state index is 0. The zero-order chi connectivity index (χ0) is 12.6. The van der Waals surface area contributed by atoms with Gasteiger partial charge >= 0.3 is 6.18 Å². The van der Waals surface area contributed by atoms with E-state index >= 15 is 0 Å². The van der Waals surface area contributed by atoms with Crippen molar-refractivity contribution in [3.05, 3.63) is 33.8 Å². The molecule has 0 aromatic heterocycles. The molecule has 1 atom stereocenters. The smallest absolute Gasteiger partial charge is 0.318 e. The molecule has 0 spiro atoms. The van der Waals surface area contributed by atoms with E-state index in [9.17, 15) is 13.2 Å². The summed E-state index contributed by atoms with van der Waals surface area (Å²) in [6.07, 6.45) is -4.95. The Bertz CT molecular complexity index is 371. The summed E-state index contributed by atoms with van der Waals surface area (Å²) in [5, 5.41) is 0.377. The molecule has 0 aliphatic rings. The van der Waals surface area contributed by atoms with Crippen molar-refractivity contribution in [2.75, 3.05) is 0 Å². The van der Waals surface area contributed by atoms with Gasteiger partial charge in [-0.1, -0.05) is 29.3 Å². The number of hydrogen-bond acceptors (Lipinski definition) is 1. The van der Waals surface area contributed by atoms with Crippen LogP contribution in [0.1, 0.15) is 12.5 Å². The summed E-state index contributed by atoms with van der Waals surface area (Å²) in [5.41, 5.74) is 3.09. The van der Waals surface area contributed by atoms with E-state index in [1.165, 1.54) is 12.1 Å². The Morgan fingerprint density at radius 3 is 1.94 bits per heavy atom. The fourth-order valence-electron chi connectivity index (χ4n) is 1.17. The van der Waals surface area contributed by atoms with Crippen molar-refractivity contribution in [2.24, 2.45) is 5.73 Å². The minimum atomic E-state index is -4.50. The molecule has 0 radical (unpaired) electrons. The monoisotopic (exact) mass is 307 g/mol. The average Bonchev–Trinajstić information content (AvgIpc) is 2.10. The van der Waals surface area contributed by atoms with E-state index in [0.29, 0.717) is 0 Å². The van der Waals surface area contributed by atoms with Crippen molar-refractivity contribution in [3.63, 3.8) is 0 Å². The van der Waals surface area contributed by atoms with Crippen molar-refractivity contribution in [1.82, 2.24) is 0 Å². The van der Waals surface area contributed by atoms with Crippen LogP contribution in [0.15, 0.2) is 18.2 Å². The lowest BCUT2D eigenvalue weighted by Crippen LogP contribution is -2.52. The van der Waals surface area contributed by atoms with Crippen molar-refractivity contribution in [1.29, 1.82) is 0 Å². The average molecular weight is 309 g/mol. The Morgan fingerprint density at radius 1 is 1.18 bits per heavy atom. The van der Waals surface area contributed by atoms with Crippen LogP contribution < -0.4 is 5.73 Å². The van der Waals surface area contributed by atoms with E-state index in [4.69, 9.17) is 28.9 Å². The van der Waals surface area contributed by atoms with Crippen molar-refractivity contribution in [2.45, 2.75) is 25.1 Å². The Balaban J connectivity index is 0.00000256. The number of benzene rings is 1. The molecule has 0 bridgehead atoms. The number of hydrogen-bond donors (Lipinski definition) is 1. The molecule has 1 nitrogen and oxygen atoms in total. The zero-order valence-corrected chi connectivity index (χ0v) is 11.1. The maximum atomic E-state index is 12.6. The molecular formula is C10H11Cl3F3N. The molecule has 0 saturated carbocycles.